The van der Waals surface area contributed by atoms with Gasteiger partial charge in [-0.25, -0.2) is 0 Å². The van der Waals surface area contributed by atoms with Crippen molar-refractivity contribution in [2.45, 2.75) is 44.8 Å². The van der Waals surface area contributed by atoms with Crippen LogP contribution in [-0.2, 0) is 16.6 Å². The number of amides is 1. The van der Waals surface area contributed by atoms with E-state index in [1.807, 2.05) is 4.90 Å². The summed E-state index contributed by atoms with van der Waals surface area (Å²) in [5.41, 5.74) is 0.618. The quantitative estimate of drug-likeness (QED) is 0.789. The fourth-order valence-corrected chi connectivity index (χ4v) is 3.41. The molecule has 0 spiro atoms. The molecule has 6 heteroatoms. The van der Waals surface area contributed by atoms with Crippen molar-refractivity contribution in [2.24, 2.45) is 13.0 Å². The van der Waals surface area contributed by atoms with Crippen molar-refractivity contribution in [3.05, 3.63) is 18.0 Å². The van der Waals surface area contributed by atoms with Gasteiger partial charge in [0.15, 0.2) is 5.78 Å². The molecular formula is C16H23N3O3. The van der Waals surface area contributed by atoms with E-state index < -0.39 is 0 Å². The van der Waals surface area contributed by atoms with Crippen molar-refractivity contribution in [1.82, 2.24) is 14.7 Å². The van der Waals surface area contributed by atoms with Gasteiger partial charge in [-0.3, -0.25) is 14.3 Å². The van der Waals surface area contributed by atoms with Crippen LogP contribution in [0.15, 0.2) is 12.4 Å². The zero-order valence-electron chi connectivity index (χ0n) is 13.2. The van der Waals surface area contributed by atoms with Gasteiger partial charge in [0.05, 0.1) is 11.8 Å². The van der Waals surface area contributed by atoms with Crippen molar-refractivity contribution in [2.75, 3.05) is 13.2 Å². The topological polar surface area (TPSA) is 64.4 Å². The molecule has 1 aromatic heterocycles. The molecule has 0 bridgehead atoms. The summed E-state index contributed by atoms with van der Waals surface area (Å²) in [6.45, 7) is 3.45. The number of hydrogen-bond donors (Lipinski definition) is 0. The highest BCUT2D eigenvalue weighted by molar-refractivity contribution is 5.96. The lowest BCUT2D eigenvalue weighted by molar-refractivity contribution is -0.143. The Morgan fingerprint density at radius 1 is 1.41 bits per heavy atom. The zero-order chi connectivity index (χ0) is 15.7. The Bertz CT molecular complexity index is 569. The molecule has 22 heavy (non-hydrogen) atoms. The number of nitrogens with zero attached hydrogens (tertiary/aromatic N) is 3. The molecule has 0 aromatic carbocycles. The molecule has 2 saturated heterocycles. The van der Waals surface area contributed by atoms with Crippen LogP contribution in [0.25, 0.3) is 0 Å². The molecule has 6 nitrogen and oxygen atoms in total. The SMILES string of the molecule is C[C@@H]1CCO[C@@H]1C(=O)N1CCC[C@@H]1CC(=O)c1cnn(C)c1. The minimum Gasteiger partial charge on any atom is -0.368 e. The van der Waals surface area contributed by atoms with Crippen LogP contribution in [0.2, 0.25) is 0 Å². The lowest BCUT2D eigenvalue weighted by Gasteiger charge is -2.28. The van der Waals surface area contributed by atoms with E-state index in [0.717, 1.165) is 25.8 Å². The molecule has 0 radical (unpaired) electrons. The van der Waals surface area contributed by atoms with Crippen molar-refractivity contribution >= 4 is 11.7 Å². The highest BCUT2D eigenvalue weighted by atomic mass is 16.5. The predicted octanol–water partition coefficient (Wildman–Crippen LogP) is 1.41. The van der Waals surface area contributed by atoms with E-state index >= 15 is 0 Å². The van der Waals surface area contributed by atoms with Gasteiger partial charge in [0, 0.05) is 38.9 Å². The highest BCUT2D eigenvalue weighted by Crippen LogP contribution is 2.28. The van der Waals surface area contributed by atoms with E-state index in [4.69, 9.17) is 4.74 Å². The summed E-state index contributed by atoms with van der Waals surface area (Å²) in [7, 11) is 1.79. The van der Waals surface area contributed by atoms with Crippen LogP contribution < -0.4 is 0 Å². The average Bonchev–Trinajstić information content (AvgIpc) is 3.19. The fraction of sp³-hybridized carbons (Fsp3) is 0.688. The van der Waals surface area contributed by atoms with E-state index in [1.54, 1.807) is 24.1 Å². The summed E-state index contributed by atoms with van der Waals surface area (Å²) in [4.78, 5) is 26.9. The molecule has 1 aromatic rings. The van der Waals surface area contributed by atoms with Gasteiger partial charge < -0.3 is 9.64 Å². The van der Waals surface area contributed by atoms with Gasteiger partial charge in [0.1, 0.15) is 6.10 Å². The normalized spacial score (nSPS) is 28.3. The number of carbonyl (C=O) groups is 2. The van der Waals surface area contributed by atoms with Crippen LogP contribution in [0.5, 0.6) is 0 Å². The van der Waals surface area contributed by atoms with Crippen LogP contribution in [0.3, 0.4) is 0 Å². The number of aromatic nitrogens is 2. The number of rotatable bonds is 4. The Kier molecular flexibility index (Phi) is 4.29. The van der Waals surface area contributed by atoms with Crippen molar-refractivity contribution in [3.63, 3.8) is 0 Å². The summed E-state index contributed by atoms with van der Waals surface area (Å²) < 4.78 is 7.22. The molecule has 0 unspecified atom stereocenters. The van der Waals surface area contributed by atoms with Crippen LogP contribution in [0, 0.1) is 5.92 Å². The molecule has 2 aliphatic rings. The molecule has 3 heterocycles. The number of likely N-dealkylation sites (tertiary alicyclic amines) is 1. The van der Waals surface area contributed by atoms with E-state index in [1.165, 1.54) is 0 Å². The third kappa shape index (κ3) is 2.92. The molecule has 2 fully saturated rings. The maximum absolute atomic E-state index is 12.7. The van der Waals surface area contributed by atoms with Crippen molar-refractivity contribution in [1.29, 1.82) is 0 Å². The van der Waals surface area contributed by atoms with Crippen LogP contribution >= 0.6 is 0 Å². The number of ether oxygens (including phenoxy) is 1. The van der Waals surface area contributed by atoms with Crippen LogP contribution in [-0.4, -0.2) is 51.7 Å². The van der Waals surface area contributed by atoms with Crippen molar-refractivity contribution in [3.8, 4) is 0 Å². The lowest BCUT2D eigenvalue weighted by atomic mass is 10.0. The summed E-state index contributed by atoms with van der Waals surface area (Å²) in [6.07, 6.45) is 6.14. The third-order valence-corrected chi connectivity index (χ3v) is 4.74. The van der Waals surface area contributed by atoms with Crippen molar-refractivity contribution < 1.29 is 14.3 Å². The molecule has 2 aliphatic heterocycles. The molecule has 0 N–H and O–H groups in total. The molecule has 1 amide bonds. The van der Waals surface area contributed by atoms with E-state index in [-0.39, 0.29) is 29.8 Å². The first kappa shape index (κ1) is 15.2. The van der Waals surface area contributed by atoms with Gasteiger partial charge in [0.25, 0.3) is 5.91 Å². The maximum Gasteiger partial charge on any atom is 0.252 e. The molecule has 120 valence electrons. The summed E-state index contributed by atoms with van der Waals surface area (Å²) >= 11 is 0. The molecule has 0 aliphatic carbocycles. The van der Waals surface area contributed by atoms with E-state index in [2.05, 4.69) is 12.0 Å². The Morgan fingerprint density at radius 3 is 2.86 bits per heavy atom. The monoisotopic (exact) mass is 305 g/mol. The molecule has 3 atom stereocenters. The van der Waals surface area contributed by atoms with Crippen LogP contribution in [0.4, 0.5) is 0 Å². The van der Waals surface area contributed by atoms with Gasteiger partial charge in [-0.15, -0.1) is 0 Å². The van der Waals surface area contributed by atoms with Crippen LogP contribution in [0.1, 0.15) is 43.0 Å². The molecule has 3 rings (SSSR count). The van der Waals surface area contributed by atoms with E-state index in [0.29, 0.717) is 18.6 Å². The van der Waals surface area contributed by atoms with Gasteiger partial charge in [0.2, 0.25) is 0 Å². The predicted molar refractivity (Wildman–Crippen MR) is 80.4 cm³/mol. The standard InChI is InChI=1S/C16H23N3O3/c1-11-5-7-22-15(11)16(21)19-6-3-4-13(19)8-14(20)12-9-17-18(2)10-12/h9-11,13,15H,3-8H2,1-2H3/t11-,13-,15+/m1/s1. The first-order valence-electron chi connectivity index (χ1n) is 8.00. The average molecular weight is 305 g/mol. The summed E-state index contributed by atoms with van der Waals surface area (Å²) in [6, 6.07) is -0.00314. The lowest BCUT2D eigenvalue weighted by Crippen LogP contribution is -2.44. The van der Waals surface area contributed by atoms with E-state index in [9.17, 15) is 9.59 Å². The highest BCUT2D eigenvalue weighted by Gasteiger charge is 2.39. The Labute approximate surface area is 130 Å². The second kappa shape index (κ2) is 6.20. The molecule has 0 saturated carbocycles. The minimum atomic E-state index is -0.325. The zero-order valence-corrected chi connectivity index (χ0v) is 13.2. The maximum atomic E-state index is 12.7. The number of hydrogen-bond acceptors (Lipinski definition) is 4. The number of aryl methyl sites for hydroxylation is 1. The number of Topliss-reactive ketones (excluding diaryl/α,β-unsaturated/α-hetero) is 1. The first-order valence-corrected chi connectivity index (χ1v) is 8.00. The fourth-order valence-electron chi connectivity index (χ4n) is 3.41. The third-order valence-electron chi connectivity index (χ3n) is 4.74. The second-order valence-corrected chi connectivity index (χ2v) is 6.42. The largest absolute Gasteiger partial charge is 0.368 e. The van der Waals surface area contributed by atoms with Gasteiger partial charge >= 0.3 is 0 Å². The molecular weight excluding hydrogens is 282 g/mol. The minimum absolute atomic E-state index is 0.00314. The second-order valence-electron chi connectivity index (χ2n) is 6.42. The Hall–Kier alpha value is -1.69. The Balaban J connectivity index is 1.65. The Morgan fingerprint density at radius 2 is 2.23 bits per heavy atom. The number of ketones is 1. The van der Waals surface area contributed by atoms with Gasteiger partial charge in [-0.1, -0.05) is 6.92 Å². The first-order chi connectivity index (χ1) is 10.6. The van der Waals surface area contributed by atoms with Gasteiger partial charge in [-0.05, 0) is 25.2 Å². The smallest absolute Gasteiger partial charge is 0.252 e. The summed E-state index contributed by atoms with van der Waals surface area (Å²) in [5.74, 6) is 0.382. The summed E-state index contributed by atoms with van der Waals surface area (Å²) in [5, 5.41) is 4.03. The van der Waals surface area contributed by atoms with Gasteiger partial charge in [-0.2, -0.15) is 5.10 Å². The number of carbonyl (C=O) groups excluding carboxylic acids is 2.